The molecule has 1 rings (SSSR count). The number of nitrogens with two attached hydrogens (primary N) is 1. The van der Waals surface area contributed by atoms with Crippen molar-refractivity contribution in [1.82, 2.24) is 0 Å². The number of primary sulfonamides is 1. The van der Waals surface area contributed by atoms with Crippen LogP contribution in [0.15, 0.2) is 23.1 Å². The molecule has 4 nitrogen and oxygen atoms in total. The van der Waals surface area contributed by atoms with Crippen molar-refractivity contribution in [2.45, 2.75) is 11.8 Å². The molecule has 0 aliphatic rings. The van der Waals surface area contributed by atoms with Crippen LogP contribution in [0.1, 0.15) is 6.92 Å². The molecule has 0 bridgehead atoms. The Morgan fingerprint density at radius 1 is 1.50 bits per heavy atom. The highest BCUT2D eigenvalue weighted by molar-refractivity contribution is 7.89. The topological polar surface area (TPSA) is 72.2 Å². The van der Waals surface area contributed by atoms with Crippen LogP contribution in [0.25, 0.3) is 0 Å². The van der Waals surface area contributed by atoms with Crippen LogP contribution in [0.4, 0.5) is 5.69 Å². The van der Waals surface area contributed by atoms with E-state index in [1.54, 1.807) is 12.1 Å². The van der Waals surface area contributed by atoms with Crippen LogP contribution in [0.2, 0.25) is 5.02 Å². The van der Waals surface area contributed by atoms with Gasteiger partial charge in [-0.05, 0) is 25.1 Å². The van der Waals surface area contributed by atoms with Crippen LogP contribution < -0.4 is 10.5 Å². The first-order valence-electron chi connectivity index (χ1n) is 4.01. The Labute approximate surface area is 88.1 Å². The zero-order valence-corrected chi connectivity index (χ0v) is 9.19. The highest BCUT2D eigenvalue weighted by atomic mass is 35.5. The van der Waals surface area contributed by atoms with E-state index in [9.17, 15) is 8.42 Å². The number of nitrogens with one attached hydrogen (secondary N) is 1. The lowest BCUT2D eigenvalue weighted by Crippen LogP contribution is -2.15. The fraction of sp³-hybridized carbons (Fsp3) is 0.250. The second kappa shape index (κ2) is 4.16. The molecule has 0 radical (unpaired) electrons. The average Bonchev–Trinajstić information content (AvgIpc) is 2.07. The second-order valence-corrected chi connectivity index (χ2v) is 4.68. The Balaban J connectivity index is 3.30. The van der Waals surface area contributed by atoms with Gasteiger partial charge in [-0.2, -0.15) is 0 Å². The molecule has 0 aliphatic heterocycles. The van der Waals surface area contributed by atoms with Crippen molar-refractivity contribution >= 4 is 27.3 Å². The van der Waals surface area contributed by atoms with Crippen LogP contribution in [0.5, 0.6) is 0 Å². The van der Waals surface area contributed by atoms with E-state index < -0.39 is 10.0 Å². The van der Waals surface area contributed by atoms with E-state index in [1.165, 1.54) is 6.07 Å². The highest BCUT2D eigenvalue weighted by Gasteiger charge is 2.13. The summed E-state index contributed by atoms with van der Waals surface area (Å²) >= 11 is 5.68. The predicted molar refractivity (Wildman–Crippen MR) is 57.0 cm³/mol. The van der Waals surface area contributed by atoms with Gasteiger partial charge < -0.3 is 5.32 Å². The van der Waals surface area contributed by atoms with E-state index in [0.29, 0.717) is 17.3 Å². The Morgan fingerprint density at radius 2 is 2.14 bits per heavy atom. The summed E-state index contributed by atoms with van der Waals surface area (Å²) in [7, 11) is -3.73. The standard InChI is InChI=1S/C8H11ClN2O2S/c1-2-11-7-4-3-6(9)5-8(7)14(10,12)13/h3-5,11H,2H2,1H3,(H2,10,12,13). The van der Waals surface area contributed by atoms with Gasteiger partial charge in [0, 0.05) is 11.6 Å². The van der Waals surface area contributed by atoms with Crippen LogP contribution in [0.3, 0.4) is 0 Å². The zero-order chi connectivity index (χ0) is 10.8. The first-order chi connectivity index (χ1) is 6.45. The third-order valence-corrected chi connectivity index (χ3v) is 2.80. The molecule has 0 unspecified atom stereocenters. The summed E-state index contributed by atoms with van der Waals surface area (Å²) in [5.41, 5.74) is 0.472. The molecule has 0 aliphatic carbocycles. The fourth-order valence-corrected chi connectivity index (χ4v) is 2.04. The molecule has 78 valence electrons. The summed E-state index contributed by atoms with van der Waals surface area (Å²) in [6, 6.07) is 4.52. The molecule has 0 saturated carbocycles. The molecule has 0 aromatic heterocycles. The summed E-state index contributed by atoms with van der Waals surface area (Å²) in [4.78, 5) is 0.0202. The van der Waals surface area contributed by atoms with Gasteiger partial charge in [-0.3, -0.25) is 0 Å². The van der Waals surface area contributed by atoms with Crippen molar-refractivity contribution in [2.75, 3.05) is 11.9 Å². The number of rotatable bonds is 3. The van der Waals surface area contributed by atoms with Crippen LogP contribution >= 0.6 is 11.6 Å². The molecule has 0 amide bonds. The number of hydrogen-bond acceptors (Lipinski definition) is 3. The van der Waals surface area contributed by atoms with E-state index in [4.69, 9.17) is 16.7 Å². The van der Waals surface area contributed by atoms with Crippen molar-refractivity contribution in [3.05, 3.63) is 23.2 Å². The summed E-state index contributed by atoms with van der Waals surface area (Å²) in [5, 5.41) is 8.27. The van der Waals surface area contributed by atoms with E-state index in [0.717, 1.165) is 0 Å². The molecular weight excluding hydrogens is 224 g/mol. The van der Waals surface area contributed by atoms with Crippen LogP contribution in [-0.4, -0.2) is 15.0 Å². The molecule has 1 aromatic carbocycles. The summed E-state index contributed by atoms with van der Waals surface area (Å²) in [6.07, 6.45) is 0. The third-order valence-electron chi connectivity index (χ3n) is 1.62. The van der Waals surface area contributed by atoms with Gasteiger partial charge in [0.25, 0.3) is 0 Å². The Hall–Kier alpha value is -0.780. The lowest BCUT2D eigenvalue weighted by molar-refractivity contribution is 0.598. The number of benzene rings is 1. The largest absolute Gasteiger partial charge is 0.384 e. The van der Waals surface area contributed by atoms with Gasteiger partial charge in [0.05, 0.1) is 5.69 Å². The molecule has 6 heteroatoms. The second-order valence-electron chi connectivity index (χ2n) is 2.72. The summed E-state index contributed by atoms with van der Waals surface area (Å²) in [6.45, 7) is 2.48. The van der Waals surface area contributed by atoms with Crippen LogP contribution in [-0.2, 0) is 10.0 Å². The smallest absolute Gasteiger partial charge is 0.240 e. The Bertz CT molecular complexity index is 431. The van der Waals surface area contributed by atoms with Crippen molar-refractivity contribution in [3.8, 4) is 0 Å². The molecular formula is C8H11ClN2O2S. The maximum Gasteiger partial charge on any atom is 0.240 e. The minimum absolute atomic E-state index is 0.0202. The maximum atomic E-state index is 11.2. The first kappa shape index (κ1) is 11.3. The molecule has 0 fully saturated rings. The third kappa shape index (κ3) is 2.60. The van der Waals surface area contributed by atoms with Crippen LogP contribution in [0, 0.1) is 0 Å². The molecule has 0 spiro atoms. The van der Waals surface area contributed by atoms with E-state index in [-0.39, 0.29) is 4.90 Å². The van der Waals surface area contributed by atoms with Gasteiger partial charge in [0.15, 0.2) is 0 Å². The van der Waals surface area contributed by atoms with Gasteiger partial charge in [0.2, 0.25) is 10.0 Å². The van der Waals surface area contributed by atoms with Crippen molar-refractivity contribution in [1.29, 1.82) is 0 Å². The van der Waals surface area contributed by atoms with Gasteiger partial charge in [-0.25, -0.2) is 13.6 Å². The minimum atomic E-state index is -3.73. The van der Waals surface area contributed by atoms with E-state index >= 15 is 0 Å². The van der Waals surface area contributed by atoms with Gasteiger partial charge in [-0.1, -0.05) is 11.6 Å². The van der Waals surface area contributed by atoms with Gasteiger partial charge in [0.1, 0.15) is 4.90 Å². The van der Waals surface area contributed by atoms with E-state index in [1.807, 2.05) is 6.92 Å². The fourth-order valence-electron chi connectivity index (χ4n) is 1.07. The molecule has 0 atom stereocenters. The highest BCUT2D eigenvalue weighted by Crippen LogP contribution is 2.23. The monoisotopic (exact) mass is 234 g/mol. The number of halogens is 1. The summed E-state index contributed by atoms with van der Waals surface area (Å²) < 4.78 is 22.3. The lowest BCUT2D eigenvalue weighted by atomic mass is 10.3. The van der Waals surface area contributed by atoms with Gasteiger partial charge >= 0.3 is 0 Å². The molecule has 0 heterocycles. The van der Waals surface area contributed by atoms with Crippen molar-refractivity contribution < 1.29 is 8.42 Å². The first-order valence-corrected chi connectivity index (χ1v) is 5.94. The molecule has 1 aromatic rings. The maximum absolute atomic E-state index is 11.2. The van der Waals surface area contributed by atoms with Crippen molar-refractivity contribution in [3.63, 3.8) is 0 Å². The Morgan fingerprint density at radius 3 is 2.64 bits per heavy atom. The number of sulfonamides is 1. The lowest BCUT2D eigenvalue weighted by Gasteiger charge is -2.08. The zero-order valence-electron chi connectivity index (χ0n) is 7.62. The normalized spacial score (nSPS) is 11.4. The Kier molecular flexibility index (Phi) is 3.36. The minimum Gasteiger partial charge on any atom is -0.384 e. The van der Waals surface area contributed by atoms with Gasteiger partial charge in [-0.15, -0.1) is 0 Å². The number of hydrogen-bond donors (Lipinski definition) is 2. The SMILES string of the molecule is CCNc1ccc(Cl)cc1S(N)(=O)=O. The molecule has 0 saturated heterocycles. The predicted octanol–water partition coefficient (Wildman–Crippen LogP) is 1.42. The average molecular weight is 235 g/mol. The number of anilines is 1. The molecule has 14 heavy (non-hydrogen) atoms. The summed E-state index contributed by atoms with van der Waals surface area (Å²) in [5.74, 6) is 0. The molecule has 3 N–H and O–H groups in total. The van der Waals surface area contributed by atoms with E-state index in [2.05, 4.69) is 5.32 Å². The van der Waals surface area contributed by atoms with Crippen molar-refractivity contribution in [2.24, 2.45) is 5.14 Å². The quantitative estimate of drug-likeness (QED) is 0.831.